The average molecular weight is 589 g/mol. The van der Waals surface area contributed by atoms with E-state index in [0.717, 1.165) is 88.0 Å². The normalized spacial score (nSPS) is 12.3. The van der Waals surface area contributed by atoms with Crippen LogP contribution in [0.5, 0.6) is 0 Å². The molecule has 0 N–H and O–H groups in total. The van der Waals surface area contributed by atoms with Crippen molar-refractivity contribution >= 4 is 87.5 Å². The zero-order valence-corrected chi connectivity index (χ0v) is 24.6. The highest BCUT2D eigenvalue weighted by Crippen LogP contribution is 2.45. The van der Waals surface area contributed by atoms with Crippen molar-refractivity contribution in [3.63, 3.8) is 0 Å². The predicted octanol–water partition coefficient (Wildman–Crippen LogP) is 11.7. The highest BCUT2D eigenvalue weighted by Gasteiger charge is 2.23. The number of nitrogens with zero attached hydrogens (tertiary/aromatic N) is 2. The number of hydrogen-bond acceptors (Lipinski definition) is 2. The van der Waals surface area contributed by atoms with E-state index in [1.807, 2.05) is 12.1 Å². The van der Waals surface area contributed by atoms with Crippen LogP contribution in [0, 0.1) is 0 Å². The summed E-state index contributed by atoms with van der Waals surface area (Å²) >= 11 is 0. The van der Waals surface area contributed by atoms with Gasteiger partial charge in [0, 0.05) is 32.6 Å². The molecule has 0 spiro atoms. The first-order valence-electron chi connectivity index (χ1n) is 15.6. The fourth-order valence-electron chi connectivity index (χ4n) is 7.85. The summed E-state index contributed by atoms with van der Waals surface area (Å²) in [5.41, 5.74) is 10.4. The third-order valence-corrected chi connectivity index (χ3v) is 9.71. The van der Waals surface area contributed by atoms with E-state index >= 15 is 0 Å². The van der Waals surface area contributed by atoms with Gasteiger partial charge in [0.15, 0.2) is 0 Å². The smallest absolute Gasteiger partial charge is 0.145 e. The van der Waals surface area contributed by atoms with Crippen LogP contribution < -0.4 is 0 Å². The van der Waals surface area contributed by atoms with Crippen molar-refractivity contribution in [1.29, 1.82) is 0 Å². The molecule has 0 saturated carbocycles. The van der Waals surface area contributed by atoms with Crippen molar-refractivity contribution in [2.45, 2.75) is 0 Å². The highest BCUT2D eigenvalue weighted by molar-refractivity contribution is 6.29. The molecule has 0 saturated heterocycles. The second kappa shape index (κ2) is 8.68. The molecule has 0 bridgehead atoms. The Labute approximate surface area is 261 Å². The third kappa shape index (κ3) is 2.98. The Morgan fingerprint density at radius 1 is 0.326 bits per heavy atom. The molecule has 4 nitrogen and oxygen atoms in total. The van der Waals surface area contributed by atoms with Crippen molar-refractivity contribution in [3.8, 4) is 11.4 Å². The molecule has 0 aliphatic heterocycles. The molecule has 11 rings (SSSR count). The van der Waals surface area contributed by atoms with E-state index < -0.39 is 0 Å². The van der Waals surface area contributed by atoms with Crippen molar-refractivity contribution in [3.05, 3.63) is 146 Å². The van der Waals surface area contributed by atoms with E-state index in [2.05, 4.69) is 143 Å². The van der Waals surface area contributed by atoms with Gasteiger partial charge in [0.25, 0.3) is 0 Å². The van der Waals surface area contributed by atoms with Gasteiger partial charge in [-0.3, -0.25) is 0 Å². The monoisotopic (exact) mass is 588 g/mol. The maximum Gasteiger partial charge on any atom is 0.145 e. The summed E-state index contributed by atoms with van der Waals surface area (Å²) in [6.07, 6.45) is 0. The lowest BCUT2D eigenvalue weighted by molar-refractivity contribution is 0.669. The number of benzene rings is 7. The molecule has 214 valence electrons. The lowest BCUT2D eigenvalue weighted by atomic mass is 10.1. The van der Waals surface area contributed by atoms with E-state index in [9.17, 15) is 0 Å². The molecule has 0 radical (unpaired) electrons. The Balaban J connectivity index is 1.29. The Kier molecular flexibility index (Phi) is 4.55. The molecule has 0 atom stereocenters. The topological polar surface area (TPSA) is 36.1 Å². The first kappa shape index (κ1) is 24.1. The summed E-state index contributed by atoms with van der Waals surface area (Å²) in [4.78, 5) is 0. The van der Waals surface area contributed by atoms with E-state index in [1.54, 1.807) is 0 Å². The van der Waals surface area contributed by atoms with Gasteiger partial charge in [0.1, 0.15) is 22.3 Å². The van der Waals surface area contributed by atoms with Gasteiger partial charge in [-0.15, -0.1) is 0 Å². The van der Waals surface area contributed by atoms with Crippen LogP contribution in [0.2, 0.25) is 0 Å². The summed E-state index contributed by atoms with van der Waals surface area (Å²) in [6, 6.07) is 51.4. The zero-order chi connectivity index (χ0) is 29.9. The van der Waals surface area contributed by atoms with Crippen molar-refractivity contribution < 1.29 is 8.83 Å². The summed E-state index contributed by atoms with van der Waals surface area (Å²) in [7, 11) is 0. The lowest BCUT2D eigenvalue weighted by Gasteiger charge is -2.09. The van der Waals surface area contributed by atoms with Gasteiger partial charge in [-0.25, -0.2) is 0 Å². The van der Waals surface area contributed by atoms with Crippen LogP contribution in [0.15, 0.2) is 154 Å². The summed E-state index contributed by atoms with van der Waals surface area (Å²) in [6.45, 7) is 0. The maximum absolute atomic E-state index is 7.09. The lowest BCUT2D eigenvalue weighted by Crippen LogP contribution is -1.94. The molecule has 0 amide bonds. The Bertz CT molecular complexity index is 3020. The van der Waals surface area contributed by atoms with Crippen molar-refractivity contribution in [2.24, 2.45) is 0 Å². The van der Waals surface area contributed by atoms with Crippen LogP contribution in [0.25, 0.3) is 98.9 Å². The second-order valence-electron chi connectivity index (χ2n) is 12.1. The quantitative estimate of drug-likeness (QED) is 0.201. The Morgan fingerprint density at radius 3 is 1.61 bits per heavy atom. The fourth-order valence-corrected chi connectivity index (χ4v) is 7.85. The minimum Gasteiger partial charge on any atom is -0.456 e. The van der Waals surface area contributed by atoms with Crippen LogP contribution in [0.1, 0.15) is 0 Å². The summed E-state index contributed by atoms with van der Waals surface area (Å²) in [5.74, 6) is 0. The molecule has 0 unspecified atom stereocenters. The number of rotatable bonds is 2. The Hall–Kier alpha value is -6.26. The average Bonchev–Trinajstić information content (AvgIpc) is 3.85. The number of furan rings is 2. The molecule has 46 heavy (non-hydrogen) atoms. The molecule has 0 fully saturated rings. The Morgan fingerprint density at radius 2 is 0.891 bits per heavy atom. The van der Waals surface area contributed by atoms with Gasteiger partial charge in [-0.2, -0.15) is 0 Å². The van der Waals surface area contributed by atoms with Gasteiger partial charge in [0.05, 0.1) is 43.9 Å². The van der Waals surface area contributed by atoms with Gasteiger partial charge in [0.2, 0.25) is 0 Å². The maximum atomic E-state index is 7.09. The number of para-hydroxylation sites is 4. The van der Waals surface area contributed by atoms with Crippen LogP contribution >= 0.6 is 0 Å². The third-order valence-electron chi connectivity index (χ3n) is 9.71. The molecule has 4 heteroatoms. The van der Waals surface area contributed by atoms with E-state index in [1.165, 1.54) is 10.9 Å². The SMILES string of the molecule is c1ccc(-n2c3ccccc3c3c4oc5c(ccc6c5c5ccccc5n6-c5cccc6oc7ccccc7c56)c4ccc32)cc1. The van der Waals surface area contributed by atoms with Gasteiger partial charge >= 0.3 is 0 Å². The molecule has 0 aliphatic rings. The van der Waals surface area contributed by atoms with E-state index in [-0.39, 0.29) is 0 Å². The number of fused-ring (bicyclic) bond motifs is 14. The van der Waals surface area contributed by atoms with E-state index in [0.29, 0.717) is 0 Å². The first-order chi connectivity index (χ1) is 22.8. The zero-order valence-electron chi connectivity index (χ0n) is 24.6. The molecule has 4 aromatic heterocycles. The fraction of sp³-hybridized carbons (Fsp3) is 0. The van der Waals surface area contributed by atoms with Gasteiger partial charge in [-0.1, -0.05) is 78.9 Å². The summed E-state index contributed by atoms with van der Waals surface area (Å²) in [5, 5.41) is 9.07. The molecule has 7 aromatic carbocycles. The molecule has 4 heterocycles. The van der Waals surface area contributed by atoms with Crippen molar-refractivity contribution in [1.82, 2.24) is 9.13 Å². The molecular weight excluding hydrogens is 564 g/mol. The minimum atomic E-state index is 0.881. The number of hydrogen-bond donors (Lipinski definition) is 0. The van der Waals surface area contributed by atoms with Crippen LogP contribution in [-0.2, 0) is 0 Å². The van der Waals surface area contributed by atoms with Crippen LogP contribution in [-0.4, -0.2) is 9.13 Å². The highest BCUT2D eigenvalue weighted by atomic mass is 16.3. The van der Waals surface area contributed by atoms with Crippen molar-refractivity contribution in [2.75, 3.05) is 0 Å². The second-order valence-corrected chi connectivity index (χ2v) is 12.1. The summed E-state index contributed by atoms with van der Waals surface area (Å²) < 4.78 is 18.1. The number of aromatic nitrogens is 2. The van der Waals surface area contributed by atoms with E-state index in [4.69, 9.17) is 8.83 Å². The van der Waals surface area contributed by atoms with Crippen LogP contribution in [0.4, 0.5) is 0 Å². The minimum absolute atomic E-state index is 0.881. The van der Waals surface area contributed by atoms with Gasteiger partial charge < -0.3 is 18.0 Å². The van der Waals surface area contributed by atoms with Crippen LogP contribution in [0.3, 0.4) is 0 Å². The molecule has 11 aromatic rings. The first-order valence-corrected chi connectivity index (χ1v) is 15.6. The molecule has 0 aliphatic carbocycles. The molecular formula is C42H24N2O2. The standard InChI is InChI=1S/C42H24N2O2/c1-2-11-25(12-3-1)43-31-16-7-4-13-28(31)39-34(43)23-21-26-27-22-24-35-40(42(27)46-41(26)39)29-14-5-8-17-32(29)44(35)33-18-10-20-37-38(33)30-15-6-9-19-36(30)45-37/h1-24H. The largest absolute Gasteiger partial charge is 0.456 e. The van der Waals surface area contributed by atoms with Gasteiger partial charge in [-0.05, 0) is 66.7 Å². The predicted molar refractivity (Wildman–Crippen MR) is 190 cm³/mol.